The predicted molar refractivity (Wildman–Crippen MR) is 106 cm³/mol. The molecule has 0 radical (unpaired) electrons. The number of amides is 1. The lowest BCUT2D eigenvalue weighted by molar-refractivity contribution is 0.0984. The number of hydrogen-bond donors (Lipinski definition) is 0. The highest BCUT2D eigenvalue weighted by Crippen LogP contribution is 2.36. The molecule has 0 bridgehead atoms. The van der Waals surface area contributed by atoms with Crippen LogP contribution in [0.2, 0.25) is 0 Å². The molecule has 0 spiro atoms. The molecule has 3 heterocycles. The average Bonchev–Trinajstić information content (AvgIpc) is 3.28. The molecule has 134 valence electrons. The number of aromatic nitrogens is 2. The Morgan fingerprint density at radius 2 is 1.70 bits per heavy atom. The molecule has 5 heteroatoms. The van der Waals surface area contributed by atoms with E-state index in [0.29, 0.717) is 18.3 Å². The van der Waals surface area contributed by atoms with E-state index in [9.17, 15) is 4.79 Å². The Hall–Kier alpha value is -3.21. The topological polar surface area (TPSA) is 49.3 Å². The number of rotatable bonds is 2. The van der Waals surface area contributed by atoms with Gasteiger partial charge in [0.1, 0.15) is 5.69 Å². The van der Waals surface area contributed by atoms with Gasteiger partial charge in [-0.3, -0.25) is 4.79 Å². The molecule has 1 unspecified atom stereocenters. The van der Waals surface area contributed by atoms with Crippen molar-refractivity contribution in [1.82, 2.24) is 9.97 Å². The van der Waals surface area contributed by atoms with Crippen LogP contribution in [0.25, 0.3) is 0 Å². The van der Waals surface area contributed by atoms with Crippen molar-refractivity contribution in [3.8, 4) is 0 Å². The van der Waals surface area contributed by atoms with Gasteiger partial charge in [-0.1, -0.05) is 36.4 Å². The summed E-state index contributed by atoms with van der Waals surface area (Å²) in [6.45, 7) is 2.88. The monoisotopic (exact) mass is 356 g/mol. The van der Waals surface area contributed by atoms with Crippen LogP contribution in [0.4, 0.5) is 17.2 Å². The van der Waals surface area contributed by atoms with Crippen molar-refractivity contribution in [3.63, 3.8) is 0 Å². The zero-order valence-corrected chi connectivity index (χ0v) is 15.2. The van der Waals surface area contributed by atoms with E-state index in [4.69, 9.17) is 0 Å². The van der Waals surface area contributed by atoms with E-state index < -0.39 is 0 Å². The molecular formula is C22H20N4O. The summed E-state index contributed by atoms with van der Waals surface area (Å²) in [6.07, 6.45) is 5.19. The van der Waals surface area contributed by atoms with Crippen molar-refractivity contribution < 1.29 is 4.79 Å². The van der Waals surface area contributed by atoms with Gasteiger partial charge in [0.25, 0.3) is 5.91 Å². The van der Waals surface area contributed by atoms with Gasteiger partial charge >= 0.3 is 0 Å². The number of fused-ring (bicyclic) bond motifs is 2. The fourth-order valence-electron chi connectivity index (χ4n) is 4.16. The van der Waals surface area contributed by atoms with Crippen LogP contribution in [0.1, 0.15) is 28.5 Å². The largest absolute Gasteiger partial charge is 0.322 e. The number of carbonyl (C=O) groups excluding carboxylic acids is 1. The zero-order chi connectivity index (χ0) is 18.4. The first-order valence-corrected chi connectivity index (χ1v) is 9.31. The second-order valence-corrected chi connectivity index (χ2v) is 7.15. The summed E-state index contributed by atoms with van der Waals surface area (Å²) in [4.78, 5) is 25.9. The highest BCUT2D eigenvalue weighted by atomic mass is 16.2. The van der Waals surface area contributed by atoms with E-state index >= 15 is 0 Å². The second kappa shape index (κ2) is 6.20. The first-order chi connectivity index (χ1) is 13.2. The van der Waals surface area contributed by atoms with E-state index in [2.05, 4.69) is 46.1 Å². The van der Waals surface area contributed by atoms with Crippen LogP contribution in [0, 0.1) is 0 Å². The smallest absolute Gasteiger partial charge is 0.278 e. The maximum Gasteiger partial charge on any atom is 0.278 e. The summed E-state index contributed by atoms with van der Waals surface area (Å²) >= 11 is 0. The Balaban J connectivity index is 1.42. The third-order valence-corrected chi connectivity index (χ3v) is 5.44. The summed E-state index contributed by atoms with van der Waals surface area (Å²) in [7, 11) is 0. The van der Waals surface area contributed by atoms with Crippen molar-refractivity contribution >= 4 is 23.1 Å². The lowest BCUT2D eigenvalue weighted by Crippen LogP contribution is -2.30. The van der Waals surface area contributed by atoms with Crippen LogP contribution in [0.15, 0.2) is 60.9 Å². The van der Waals surface area contributed by atoms with Gasteiger partial charge in [0.05, 0.1) is 12.4 Å². The SMILES string of the molecule is CC1Cc2ccccc2N1c1cnc(C(=O)N2CCc3ccccc32)cn1. The quantitative estimate of drug-likeness (QED) is 0.701. The van der Waals surface area contributed by atoms with Gasteiger partial charge in [-0.25, -0.2) is 9.97 Å². The van der Waals surface area contributed by atoms with Crippen LogP contribution in [-0.4, -0.2) is 28.5 Å². The first-order valence-electron chi connectivity index (χ1n) is 9.31. The number of para-hydroxylation sites is 2. The Labute approximate surface area is 158 Å². The van der Waals surface area contributed by atoms with Gasteiger partial charge < -0.3 is 9.80 Å². The molecule has 1 amide bonds. The summed E-state index contributed by atoms with van der Waals surface area (Å²) in [6, 6.07) is 16.7. The van der Waals surface area contributed by atoms with Crippen molar-refractivity contribution in [1.29, 1.82) is 0 Å². The Morgan fingerprint density at radius 1 is 0.963 bits per heavy atom. The molecule has 2 aromatic carbocycles. The highest BCUT2D eigenvalue weighted by molar-refractivity contribution is 6.05. The van der Waals surface area contributed by atoms with Crippen LogP contribution in [-0.2, 0) is 12.8 Å². The van der Waals surface area contributed by atoms with Crippen molar-refractivity contribution in [2.75, 3.05) is 16.3 Å². The van der Waals surface area contributed by atoms with Crippen LogP contribution < -0.4 is 9.80 Å². The molecule has 27 heavy (non-hydrogen) atoms. The van der Waals surface area contributed by atoms with Gasteiger partial charge in [0, 0.05) is 24.0 Å². The molecule has 0 N–H and O–H groups in total. The molecule has 2 aliphatic rings. The maximum absolute atomic E-state index is 12.9. The number of anilines is 3. The Morgan fingerprint density at radius 3 is 2.48 bits per heavy atom. The third kappa shape index (κ3) is 2.58. The Kier molecular flexibility index (Phi) is 3.67. The molecule has 1 atom stereocenters. The summed E-state index contributed by atoms with van der Waals surface area (Å²) in [5, 5.41) is 0. The summed E-state index contributed by atoms with van der Waals surface area (Å²) < 4.78 is 0. The minimum Gasteiger partial charge on any atom is -0.322 e. The molecule has 0 aliphatic carbocycles. The second-order valence-electron chi connectivity index (χ2n) is 7.15. The Bertz CT molecular complexity index is 1010. The van der Waals surface area contributed by atoms with Crippen LogP contribution in [0.3, 0.4) is 0 Å². The number of hydrogen-bond acceptors (Lipinski definition) is 4. The van der Waals surface area contributed by atoms with Gasteiger partial charge in [-0.2, -0.15) is 0 Å². The third-order valence-electron chi connectivity index (χ3n) is 5.44. The van der Waals surface area contributed by atoms with E-state index in [1.165, 1.54) is 16.8 Å². The summed E-state index contributed by atoms with van der Waals surface area (Å²) in [5.74, 6) is 0.694. The van der Waals surface area contributed by atoms with Crippen molar-refractivity contribution in [2.45, 2.75) is 25.8 Å². The normalized spacial score (nSPS) is 17.7. The zero-order valence-electron chi connectivity index (χ0n) is 15.2. The van der Waals surface area contributed by atoms with E-state index in [-0.39, 0.29) is 5.91 Å². The minimum absolute atomic E-state index is 0.0890. The van der Waals surface area contributed by atoms with Crippen LogP contribution in [0.5, 0.6) is 0 Å². The van der Waals surface area contributed by atoms with E-state index in [1.807, 2.05) is 24.3 Å². The molecule has 0 saturated carbocycles. The minimum atomic E-state index is -0.0890. The van der Waals surface area contributed by atoms with Gasteiger partial charge in [0.15, 0.2) is 5.82 Å². The fourth-order valence-corrected chi connectivity index (χ4v) is 4.16. The van der Waals surface area contributed by atoms with Crippen LogP contribution >= 0.6 is 0 Å². The maximum atomic E-state index is 12.9. The standard InChI is InChI=1S/C22H20N4O/c1-15-12-17-7-3-5-9-20(17)26(15)21-14-23-18(13-24-21)22(27)25-11-10-16-6-2-4-8-19(16)25/h2-9,13-15H,10-12H2,1H3. The van der Waals surface area contributed by atoms with E-state index in [0.717, 1.165) is 24.3 Å². The average molecular weight is 356 g/mol. The number of benzene rings is 2. The molecule has 0 saturated heterocycles. The molecule has 0 fully saturated rings. The van der Waals surface area contributed by atoms with Gasteiger partial charge in [-0.15, -0.1) is 0 Å². The van der Waals surface area contributed by atoms with E-state index in [1.54, 1.807) is 17.3 Å². The predicted octanol–water partition coefficient (Wildman–Crippen LogP) is 3.76. The fraction of sp³-hybridized carbons (Fsp3) is 0.227. The van der Waals surface area contributed by atoms with Crippen molar-refractivity contribution in [2.24, 2.45) is 0 Å². The highest BCUT2D eigenvalue weighted by Gasteiger charge is 2.29. The molecular weight excluding hydrogens is 336 g/mol. The first kappa shape index (κ1) is 16.0. The summed E-state index contributed by atoms with van der Waals surface area (Å²) in [5.41, 5.74) is 5.07. The number of carbonyl (C=O) groups is 1. The number of nitrogens with zero attached hydrogens (tertiary/aromatic N) is 4. The molecule has 1 aromatic heterocycles. The van der Waals surface area contributed by atoms with Gasteiger partial charge in [-0.05, 0) is 43.0 Å². The van der Waals surface area contributed by atoms with Crippen molar-refractivity contribution in [3.05, 3.63) is 77.7 Å². The molecule has 3 aromatic rings. The lowest BCUT2D eigenvalue weighted by atomic mass is 10.1. The van der Waals surface area contributed by atoms with Gasteiger partial charge in [0.2, 0.25) is 0 Å². The molecule has 2 aliphatic heterocycles. The lowest BCUT2D eigenvalue weighted by Gasteiger charge is -2.23. The molecule has 5 rings (SSSR count). The molecule has 5 nitrogen and oxygen atoms in total.